The summed E-state index contributed by atoms with van der Waals surface area (Å²) in [7, 11) is 0. The molecule has 1 saturated heterocycles. The zero-order chi connectivity index (χ0) is 18.6. The fourth-order valence-corrected chi connectivity index (χ4v) is 2.80. The van der Waals surface area contributed by atoms with Gasteiger partial charge in [-0.3, -0.25) is 9.59 Å². The summed E-state index contributed by atoms with van der Waals surface area (Å²) in [6, 6.07) is 7.10. The minimum atomic E-state index is -0.554. The summed E-state index contributed by atoms with van der Waals surface area (Å²) in [6.45, 7) is 8.71. The number of nitrogens with zero attached hydrogens (tertiary/aromatic N) is 1. The average Bonchev–Trinajstić information content (AvgIpc) is 2.56. The Kier molecular flexibility index (Phi) is 6.33. The monoisotopic (exact) mass is 366 g/mol. The smallest absolute Gasteiger partial charge is 0.263 e. The highest BCUT2D eigenvalue weighted by Gasteiger charge is 2.29. The SMILES string of the molecule is CC(Oc1ccc(Cl)cc1)C(=O)N1CCC(NC(=O)C(C)(C)C)CC1. The van der Waals surface area contributed by atoms with E-state index >= 15 is 0 Å². The van der Waals surface area contributed by atoms with E-state index in [-0.39, 0.29) is 17.9 Å². The van der Waals surface area contributed by atoms with Crippen LogP contribution < -0.4 is 10.1 Å². The van der Waals surface area contributed by atoms with Crippen LogP contribution in [0.2, 0.25) is 5.02 Å². The molecular formula is C19H27ClN2O3. The highest BCUT2D eigenvalue weighted by Crippen LogP contribution is 2.19. The normalized spacial score (nSPS) is 17.1. The molecule has 0 bridgehead atoms. The number of carbonyl (C=O) groups is 2. The lowest BCUT2D eigenvalue weighted by atomic mass is 9.94. The molecular weight excluding hydrogens is 340 g/mol. The van der Waals surface area contributed by atoms with Gasteiger partial charge in [-0.05, 0) is 44.0 Å². The van der Waals surface area contributed by atoms with E-state index < -0.39 is 11.5 Å². The third kappa shape index (κ3) is 5.63. The third-order valence-electron chi connectivity index (χ3n) is 4.30. The molecule has 1 unspecified atom stereocenters. The Morgan fingerprint density at radius 1 is 1.20 bits per heavy atom. The van der Waals surface area contributed by atoms with Crippen LogP contribution in [-0.4, -0.2) is 41.9 Å². The molecule has 2 amide bonds. The lowest BCUT2D eigenvalue weighted by molar-refractivity contribution is -0.139. The van der Waals surface area contributed by atoms with Crippen molar-refractivity contribution < 1.29 is 14.3 Å². The van der Waals surface area contributed by atoms with Crippen LogP contribution in [0.25, 0.3) is 0 Å². The van der Waals surface area contributed by atoms with Gasteiger partial charge in [-0.15, -0.1) is 0 Å². The van der Waals surface area contributed by atoms with Gasteiger partial charge < -0.3 is 15.0 Å². The summed E-state index contributed by atoms with van der Waals surface area (Å²) in [6.07, 6.45) is 0.976. The predicted octanol–water partition coefficient (Wildman–Crippen LogP) is 3.26. The van der Waals surface area contributed by atoms with Crippen LogP contribution in [0.3, 0.4) is 0 Å². The lowest BCUT2D eigenvalue weighted by Gasteiger charge is -2.34. The van der Waals surface area contributed by atoms with Crippen LogP contribution in [0.4, 0.5) is 0 Å². The van der Waals surface area contributed by atoms with Crippen molar-refractivity contribution in [1.82, 2.24) is 10.2 Å². The maximum absolute atomic E-state index is 12.5. The predicted molar refractivity (Wildman–Crippen MR) is 98.7 cm³/mol. The van der Waals surface area contributed by atoms with Gasteiger partial charge in [0.1, 0.15) is 5.75 Å². The number of halogens is 1. The van der Waals surface area contributed by atoms with Crippen molar-refractivity contribution in [2.24, 2.45) is 5.41 Å². The third-order valence-corrected chi connectivity index (χ3v) is 4.55. The van der Waals surface area contributed by atoms with Gasteiger partial charge in [0.05, 0.1) is 0 Å². The van der Waals surface area contributed by atoms with Gasteiger partial charge in [-0.25, -0.2) is 0 Å². The first-order chi connectivity index (χ1) is 11.7. The van der Waals surface area contributed by atoms with Gasteiger partial charge in [0, 0.05) is 29.6 Å². The maximum atomic E-state index is 12.5. The first-order valence-corrected chi connectivity index (χ1v) is 9.06. The summed E-state index contributed by atoms with van der Waals surface area (Å²) >= 11 is 5.85. The number of nitrogens with one attached hydrogen (secondary N) is 1. The van der Waals surface area contributed by atoms with E-state index in [1.807, 2.05) is 20.8 Å². The van der Waals surface area contributed by atoms with Gasteiger partial charge >= 0.3 is 0 Å². The second kappa shape index (κ2) is 8.09. The largest absolute Gasteiger partial charge is 0.481 e. The Morgan fingerprint density at radius 3 is 2.28 bits per heavy atom. The Morgan fingerprint density at radius 2 is 1.76 bits per heavy atom. The van der Waals surface area contributed by atoms with Crippen molar-refractivity contribution in [2.75, 3.05) is 13.1 Å². The molecule has 0 aliphatic carbocycles. The molecule has 138 valence electrons. The van der Waals surface area contributed by atoms with Gasteiger partial charge in [0.25, 0.3) is 5.91 Å². The number of piperidine rings is 1. The quantitative estimate of drug-likeness (QED) is 0.889. The molecule has 1 atom stereocenters. The van der Waals surface area contributed by atoms with Crippen LogP contribution in [0.5, 0.6) is 5.75 Å². The number of ether oxygens (including phenoxy) is 1. The summed E-state index contributed by atoms with van der Waals surface area (Å²) in [4.78, 5) is 26.4. The van der Waals surface area contributed by atoms with Crippen molar-refractivity contribution in [3.8, 4) is 5.75 Å². The molecule has 0 spiro atoms. The van der Waals surface area contributed by atoms with Crippen LogP contribution in [0.1, 0.15) is 40.5 Å². The fraction of sp³-hybridized carbons (Fsp3) is 0.579. The van der Waals surface area contributed by atoms with Gasteiger partial charge in [0.2, 0.25) is 5.91 Å². The van der Waals surface area contributed by atoms with Crippen molar-refractivity contribution in [3.63, 3.8) is 0 Å². The van der Waals surface area contributed by atoms with E-state index in [1.165, 1.54) is 0 Å². The molecule has 0 aromatic heterocycles. The summed E-state index contributed by atoms with van der Waals surface area (Å²) in [5.41, 5.74) is -0.395. The minimum Gasteiger partial charge on any atom is -0.481 e. The summed E-state index contributed by atoms with van der Waals surface area (Å²) < 4.78 is 5.70. The number of rotatable bonds is 4. The lowest BCUT2D eigenvalue weighted by Crippen LogP contribution is -2.51. The highest BCUT2D eigenvalue weighted by molar-refractivity contribution is 6.30. The van der Waals surface area contributed by atoms with E-state index in [4.69, 9.17) is 16.3 Å². The number of hydrogen-bond acceptors (Lipinski definition) is 3. The van der Waals surface area contributed by atoms with Crippen molar-refractivity contribution in [2.45, 2.75) is 52.7 Å². The molecule has 2 rings (SSSR count). The van der Waals surface area contributed by atoms with Crippen LogP contribution >= 0.6 is 11.6 Å². The molecule has 1 aromatic rings. The van der Waals surface area contributed by atoms with E-state index in [0.717, 1.165) is 12.8 Å². The molecule has 6 heteroatoms. The summed E-state index contributed by atoms with van der Waals surface area (Å²) in [5, 5.41) is 3.70. The molecule has 0 saturated carbocycles. The van der Waals surface area contributed by atoms with Crippen LogP contribution in [-0.2, 0) is 9.59 Å². The molecule has 1 aliphatic heterocycles. The Balaban J connectivity index is 1.82. The first kappa shape index (κ1) is 19.6. The number of carbonyl (C=O) groups excluding carboxylic acids is 2. The van der Waals surface area contributed by atoms with Crippen LogP contribution in [0, 0.1) is 5.41 Å². The molecule has 25 heavy (non-hydrogen) atoms. The van der Waals surface area contributed by atoms with Gasteiger partial charge in [-0.2, -0.15) is 0 Å². The number of likely N-dealkylation sites (tertiary alicyclic amines) is 1. The number of benzene rings is 1. The fourth-order valence-electron chi connectivity index (χ4n) is 2.67. The average molecular weight is 367 g/mol. The maximum Gasteiger partial charge on any atom is 0.263 e. The van der Waals surface area contributed by atoms with Crippen molar-refractivity contribution in [3.05, 3.63) is 29.3 Å². The summed E-state index contributed by atoms with van der Waals surface area (Å²) in [5.74, 6) is 0.643. The molecule has 1 aromatic carbocycles. The second-order valence-electron chi connectivity index (χ2n) is 7.54. The molecule has 0 radical (unpaired) electrons. The highest BCUT2D eigenvalue weighted by atomic mass is 35.5. The van der Waals surface area contributed by atoms with E-state index in [2.05, 4.69) is 5.32 Å². The first-order valence-electron chi connectivity index (χ1n) is 8.69. The Labute approximate surface area is 154 Å². The van der Waals surface area contributed by atoms with Gasteiger partial charge in [0.15, 0.2) is 6.10 Å². The number of amides is 2. The molecule has 1 fully saturated rings. The van der Waals surface area contributed by atoms with E-state index in [0.29, 0.717) is 23.9 Å². The van der Waals surface area contributed by atoms with E-state index in [9.17, 15) is 9.59 Å². The minimum absolute atomic E-state index is 0.0319. The zero-order valence-corrected chi connectivity index (χ0v) is 16.1. The van der Waals surface area contributed by atoms with E-state index in [1.54, 1.807) is 36.1 Å². The standard InChI is InChI=1S/C19H27ClN2O3/c1-13(25-16-7-5-14(20)6-8-16)17(23)22-11-9-15(10-12-22)21-18(24)19(2,3)4/h5-8,13,15H,9-12H2,1-4H3,(H,21,24). The second-order valence-corrected chi connectivity index (χ2v) is 7.97. The number of hydrogen-bond donors (Lipinski definition) is 1. The molecule has 5 nitrogen and oxygen atoms in total. The zero-order valence-electron chi connectivity index (χ0n) is 15.3. The molecule has 1 N–H and O–H groups in total. The Hall–Kier alpha value is -1.75. The van der Waals surface area contributed by atoms with Crippen LogP contribution in [0.15, 0.2) is 24.3 Å². The molecule has 1 heterocycles. The van der Waals surface area contributed by atoms with Crippen molar-refractivity contribution >= 4 is 23.4 Å². The Bertz CT molecular complexity index is 602. The molecule has 1 aliphatic rings. The van der Waals surface area contributed by atoms with Gasteiger partial charge in [-0.1, -0.05) is 32.4 Å². The topological polar surface area (TPSA) is 58.6 Å². The van der Waals surface area contributed by atoms with Crippen molar-refractivity contribution in [1.29, 1.82) is 0 Å².